The van der Waals surface area contributed by atoms with Crippen LogP contribution in [0.4, 0.5) is 0 Å². The standard InChI is InChI=1S/C18H30O7/c1-12(2)16(20)24-9-13-6-7-15(14(19)8-13)25-17(21)18(3,10-22-4)11-23-5/h13-15,19H,1,6-11H2,2-5H3. The summed E-state index contributed by atoms with van der Waals surface area (Å²) >= 11 is 0. The Morgan fingerprint density at radius 1 is 1.20 bits per heavy atom. The average Bonchev–Trinajstić information content (AvgIpc) is 2.55. The van der Waals surface area contributed by atoms with Crippen LogP contribution in [0, 0.1) is 11.3 Å². The van der Waals surface area contributed by atoms with Gasteiger partial charge in [-0.1, -0.05) is 6.58 Å². The molecule has 1 aliphatic carbocycles. The number of hydrogen-bond acceptors (Lipinski definition) is 7. The minimum absolute atomic E-state index is 0.0394. The van der Waals surface area contributed by atoms with Gasteiger partial charge in [-0.15, -0.1) is 0 Å². The fraction of sp³-hybridized carbons (Fsp3) is 0.778. The summed E-state index contributed by atoms with van der Waals surface area (Å²) in [5.41, 5.74) is -0.574. The van der Waals surface area contributed by atoms with Crippen LogP contribution in [0.5, 0.6) is 0 Å². The van der Waals surface area contributed by atoms with Crippen LogP contribution in [-0.2, 0) is 28.5 Å². The predicted octanol–water partition coefficient (Wildman–Crippen LogP) is 1.48. The summed E-state index contributed by atoms with van der Waals surface area (Å²) in [5.74, 6) is -0.845. The molecule has 3 atom stereocenters. The van der Waals surface area contributed by atoms with E-state index in [9.17, 15) is 14.7 Å². The molecule has 0 aromatic rings. The van der Waals surface area contributed by atoms with Gasteiger partial charge in [-0.2, -0.15) is 0 Å². The normalized spacial score (nSPS) is 23.8. The van der Waals surface area contributed by atoms with Crippen molar-refractivity contribution in [3.63, 3.8) is 0 Å². The molecule has 0 saturated heterocycles. The Labute approximate surface area is 149 Å². The number of methoxy groups -OCH3 is 2. The molecule has 0 heterocycles. The van der Waals surface area contributed by atoms with E-state index in [0.717, 1.165) is 0 Å². The molecule has 25 heavy (non-hydrogen) atoms. The molecule has 0 amide bonds. The molecule has 1 fully saturated rings. The topological polar surface area (TPSA) is 91.3 Å². The minimum Gasteiger partial charge on any atom is -0.462 e. The SMILES string of the molecule is C=C(C)C(=O)OCC1CCC(OC(=O)C(C)(COC)COC)C(O)C1. The molecule has 0 aromatic heterocycles. The summed E-state index contributed by atoms with van der Waals surface area (Å²) in [6.45, 7) is 7.39. The van der Waals surface area contributed by atoms with Gasteiger partial charge in [-0.25, -0.2) is 4.79 Å². The van der Waals surface area contributed by atoms with Crippen LogP contribution >= 0.6 is 0 Å². The summed E-state index contributed by atoms with van der Waals surface area (Å²) in [6, 6.07) is 0. The second kappa shape index (κ2) is 9.89. The van der Waals surface area contributed by atoms with Gasteiger partial charge in [0.1, 0.15) is 11.5 Å². The minimum atomic E-state index is -0.920. The van der Waals surface area contributed by atoms with Crippen molar-refractivity contribution in [1.29, 1.82) is 0 Å². The maximum atomic E-state index is 12.5. The first-order valence-corrected chi connectivity index (χ1v) is 8.43. The van der Waals surface area contributed by atoms with Gasteiger partial charge >= 0.3 is 11.9 Å². The maximum Gasteiger partial charge on any atom is 0.333 e. The number of rotatable bonds is 9. The third-order valence-electron chi connectivity index (χ3n) is 4.34. The van der Waals surface area contributed by atoms with Gasteiger partial charge in [0.2, 0.25) is 0 Å². The van der Waals surface area contributed by atoms with Crippen LogP contribution in [0.1, 0.15) is 33.1 Å². The molecule has 144 valence electrons. The summed E-state index contributed by atoms with van der Waals surface area (Å²) in [4.78, 5) is 23.9. The van der Waals surface area contributed by atoms with Crippen molar-refractivity contribution in [1.82, 2.24) is 0 Å². The molecule has 0 aliphatic heterocycles. The number of hydrogen-bond donors (Lipinski definition) is 1. The van der Waals surface area contributed by atoms with E-state index in [1.807, 2.05) is 0 Å². The molecule has 7 heteroatoms. The van der Waals surface area contributed by atoms with Crippen molar-refractivity contribution < 1.29 is 33.6 Å². The van der Waals surface area contributed by atoms with Gasteiger partial charge in [0.05, 0.1) is 25.9 Å². The highest BCUT2D eigenvalue weighted by molar-refractivity contribution is 5.86. The summed E-state index contributed by atoms with van der Waals surface area (Å²) in [5, 5.41) is 10.3. The number of esters is 2. The van der Waals surface area contributed by atoms with E-state index < -0.39 is 29.6 Å². The number of ether oxygens (including phenoxy) is 4. The largest absolute Gasteiger partial charge is 0.462 e. The number of aliphatic hydroxyl groups excluding tert-OH is 1. The van der Waals surface area contributed by atoms with Crippen molar-refractivity contribution in [2.45, 2.75) is 45.3 Å². The van der Waals surface area contributed by atoms with E-state index >= 15 is 0 Å². The van der Waals surface area contributed by atoms with Gasteiger partial charge in [0, 0.05) is 19.8 Å². The highest BCUT2D eigenvalue weighted by Crippen LogP contribution is 2.29. The second-order valence-corrected chi connectivity index (χ2v) is 7.00. The predicted molar refractivity (Wildman–Crippen MR) is 90.9 cm³/mol. The van der Waals surface area contributed by atoms with Gasteiger partial charge < -0.3 is 24.1 Å². The first-order valence-electron chi connectivity index (χ1n) is 8.43. The highest BCUT2D eigenvalue weighted by Gasteiger charge is 2.39. The molecule has 1 rings (SSSR count). The molecule has 1 saturated carbocycles. The lowest BCUT2D eigenvalue weighted by atomic mass is 9.85. The van der Waals surface area contributed by atoms with Crippen molar-refractivity contribution in [2.24, 2.45) is 11.3 Å². The number of carbonyl (C=O) groups is 2. The Morgan fingerprint density at radius 3 is 2.28 bits per heavy atom. The van der Waals surface area contributed by atoms with E-state index in [0.29, 0.717) is 24.8 Å². The molecular formula is C18H30O7. The lowest BCUT2D eigenvalue weighted by molar-refractivity contribution is -0.177. The Bertz CT molecular complexity index is 468. The lowest BCUT2D eigenvalue weighted by Gasteiger charge is -2.35. The van der Waals surface area contributed by atoms with Crippen LogP contribution in [-0.4, -0.2) is 63.3 Å². The molecule has 1 aliphatic rings. The maximum absolute atomic E-state index is 12.5. The van der Waals surface area contributed by atoms with E-state index in [1.165, 1.54) is 14.2 Å². The van der Waals surface area contributed by atoms with Crippen molar-refractivity contribution in [3.8, 4) is 0 Å². The van der Waals surface area contributed by atoms with Crippen LogP contribution in [0.2, 0.25) is 0 Å². The first-order chi connectivity index (χ1) is 11.7. The third-order valence-corrected chi connectivity index (χ3v) is 4.34. The molecule has 0 bridgehead atoms. The molecular weight excluding hydrogens is 328 g/mol. The fourth-order valence-electron chi connectivity index (χ4n) is 2.89. The quantitative estimate of drug-likeness (QED) is 0.493. The number of aliphatic hydroxyl groups is 1. The van der Waals surface area contributed by atoms with E-state index in [2.05, 4.69) is 6.58 Å². The van der Waals surface area contributed by atoms with Crippen LogP contribution in [0.25, 0.3) is 0 Å². The Hall–Kier alpha value is -1.44. The molecule has 3 unspecified atom stereocenters. The monoisotopic (exact) mass is 358 g/mol. The van der Waals surface area contributed by atoms with E-state index in [-0.39, 0.29) is 25.7 Å². The highest BCUT2D eigenvalue weighted by atomic mass is 16.6. The summed E-state index contributed by atoms with van der Waals surface area (Å²) < 4.78 is 20.8. The molecule has 0 aromatic carbocycles. The molecule has 7 nitrogen and oxygen atoms in total. The Morgan fingerprint density at radius 2 is 1.80 bits per heavy atom. The average molecular weight is 358 g/mol. The van der Waals surface area contributed by atoms with Gasteiger partial charge in [-0.3, -0.25) is 4.79 Å². The van der Waals surface area contributed by atoms with Crippen molar-refractivity contribution >= 4 is 11.9 Å². The first kappa shape index (κ1) is 21.6. The number of carbonyl (C=O) groups excluding carboxylic acids is 2. The van der Waals surface area contributed by atoms with Crippen LogP contribution in [0.3, 0.4) is 0 Å². The van der Waals surface area contributed by atoms with Crippen LogP contribution in [0.15, 0.2) is 12.2 Å². The summed E-state index contributed by atoms with van der Waals surface area (Å²) in [6.07, 6.45) is 0.253. The molecule has 1 N–H and O–H groups in total. The van der Waals surface area contributed by atoms with Gasteiger partial charge in [0.25, 0.3) is 0 Å². The molecule has 0 radical (unpaired) electrons. The second-order valence-electron chi connectivity index (χ2n) is 7.00. The van der Waals surface area contributed by atoms with Crippen LogP contribution < -0.4 is 0 Å². The Balaban J connectivity index is 2.53. The summed E-state index contributed by atoms with van der Waals surface area (Å²) in [7, 11) is 3.01. The lowest BCUT2D eigenvalue weighted by Crippen LogP contribution is -2.45. The van der Waals surface area contributed by atoms with Crippen molar-refractivity contribution in [2.75, 3.05) is 34.0 Å². The Kier molecular flexibility index (Phi) is 8.55. The van der Waals surface area contributed by atoms with E-state index in [4.69, 9.17) is 18.9 Å². The third kappa shape index (κ3) is 6.41. The van der Waals surface area contributed by atoms with Gasteiger partial charge in [0.15, 0.2) is 0 Å². The zero-order valence-corrected chi connectivity index (χ0v) is 15.6. The zero-order valence-electron chi connectivity index (χ0n) is 15.6. The fourth-order valence-corrected chi connectivity index (χ4v) is 2.89. The van der Waals surface area contributed by atoms with E-state index in [1.54, 1.807) is 13.8 Å². The van der Waals surface area contributed by atoms with Crippen molar-refractivity contribution in [3.05, 3.63) is 12.2 Å². The smallest absolute Gasteiger partial charge is 0.333 e. The zero-order chi connectivity index (χ0) is 19.0. The molecule has 0 spiro atoms. The van der Waals surface area contributed by atoms with Gasteiger partial charge in [-0.05, 0) is 39.0 Å².